The molecule has 0 saturated carbocycles. The number of tetrazole rings is 1. The molecule has 2 aromatic heterocycles. The Hall–Kier alpha value is -3.71. The minimum Gasteiger partial charge on any atom is -0.477 e. The third kappa shape index (κ3) is 6.62. The Bertz CT molecular complexity index is 1390. The summed E-state index contributed by atoms with van der Waals surface area (Å²) in [5.41, 5.74) is -0.318. The van der Waals surface area contributed by atoms with Crippen molar-refractivity contribution in [2.75, 3.05) is 16.8 Å². The minimum atomic E-state index is -1.51. The first kappa shape index (κ1) is 30.3. The van der Waals surface area contributed by atoms with Crippen molar-refractivity contribution in [1.29, 1.82) is 0 Å². The predicted molar refractivity (Wildman–Crippen MR) is 146 cm³/mol. The number of thioether (sulfide) groups is 2. The normalized spacial score (nSPS) is 19.1. The quantitative estimate of drug-likeness (QED) is 0.172. The highest BCUT2D eigenvalue weighted by Crippen LogP contribution is 2.41. The van der Waals surface area contributed by atoms with Crippen LogP contribution in [0.15, 0.2) is 21.8 Å². The molecule has 2 aromatic rings. The maximum atomic E-state index is 13.1. The Morgan fingerprint density at radius 3 is 2.76 bits per heavy atom. The van der Waals surface area contributed by atoms with E-state index < -0.39 is 47.0 Å². The molecule has 4 rings (SSSR count). The van der Waals surface area contributed by atoms with Crippen LogP contribution < -0.4 is 10.6 Å². The van der Waals surface area contributed by atoms with E-state index in [1.807, 2.05) is 6.92 Å². The van der Waals surface area contributed by atoms with Crippen LogP contribution in [0.3, 0.4) is 0 Å². The van der Waals surface area contributed by atoms with Crippen molar-refractivity contribution in [2.45, 2.75) is 55.5 Å². The highest BCUT2D eigenvalue weighted by Gasteiger charge is 2.54. The number of nitrogens with zero attached hydrogens (tertiary/aromatic N) is 6. The maximum Gasteiger partial charge on any atom is 0.413 e. The van der Waals surface area contributed by atoms with E-state index >= 15 is 0 Å². The highest BCUT2D eigenvalue weighted by atomic mass is 32.2. The van der Waals surface area contributed by atoms with Gasteiger partial charge in [-0.15, -0.1) is 28.2 Å². The summed E-state index contributed by atoms with van der Waals surface area (Å²) in [6, 6.07) is -1.06. The van der Waals surface area contributed by atoms with E-state index in [0.717, 1.165) is 16.2 Å². The number of amides is 3. The number of carboxylic acids is 1. The van der Waals surface area contributed by atoms with Crippen molar-refractivity contribution < 1.29 is 38.6 Å². The smallest absolute Gasteiger partial charge is 0.413 e. The molecule has 19 heteroatoms. The molecule has 2 aliphatic heterocycles. The van der Waals surface area contributed by atoms with Gasteiger partial charge in [-0.2, -0.15) is 0 Å². The third-order valence-corrected chi connectivity index (χ3v) is 9.37. The van der Waals surface area contributed by atoms with Gasteiger partial charge in [0.05, 0.1) is 0 Å². The second kappa shape index (κ2) is 12.4. The van der Waals surface area contributed by atoms with Gasteiger partial charge in [0.2, 0.25) is 11.3 Å². The van der Waals surface area contributed by atoms with Gasteiger partial charge in [-0.3, -0.25) is 24.6 Å². The molecule has 0 aromatic carbocycles. The van der Waals surface area contributed by atoms with Crippen LogP contribution in [-0.2, 0) is 35.7 Å². The predicted octanol–water partition coefficient (Wildman–Crippen LogP) is 1.15. The molecule has 4 heterocycles. The van der Waals surface area contributed by atoms with Gasteiger partial charge in [-0.1, -0.05) is 18.7 Å². The SMILES string of the molecule is CCC(C)(C)OC(=O)Nc1nc(C(OC=O)C(=O)NC2C(=O)N3C(C(=O)O)=C(CSc4nnnn4C)CS[C@@H]23)cs1. The van der Waals surface area contributed by atoms with Crippen molar-refractivity contribution in [3.63, 3.8) is 0 Å². The average molecular weight is 627 g/mol. The first-order valence-corrected chi connectivity index (χ1v) is 15.0. The zero-order valence-corrected chi connectivity index (χ0v) is 24.7. The molecular weight excluding hydrogens is 600 g/mol. The summed E-state index contributed by atoms with van der Waals surface area (Å²) in [5.74, 6) is -2.19. The second-order valence-corrected chi connectivity index (χ2v) is 12.3. The minimum absolute atomic E-state index is 0.0215. The number of aliphatic carboxylic acids is 1. The molecule has 41 heavy (non-hydrogen) atoms. The average Bonchev–Trinajstić information content (AvgIpc) is 3.56. The van der Waals surface area contributed by atoms with E-state index in [1.54, 1.807) is 20.9 Å². The van der Waals surface area contributed by atoms with Gasteiger partial charge in [0.25, 0.3) is 18.3 Å². The molecule has 1 fully saturated rings. The van der Waals surface area contributed by atoms with Crippen molar-refractivity contribution in [3.05, 3.63) is 22.3 Å². The summed E-state index contributed by atoms with van der Waals surface area (Å²) < 4.78 is 11.7. The summed E-state index contributed by atoms with van der Waals surface area (Å²) in [5, 5.41) is 27.4. The van der Waals surface area contributed by atoms with E-state index in [0.29, 0.717) is 22.9 Å². The van der Waals surface area contributed by atoms with E-state index in [2.05, 4.69) is 31.1 Å². The van der Waals surface area contributed by atoms with Gasteiger partial charge in [0, 0.05) is 23.9 Å². The lowest BCUT2D eigenvalue weighted by atomic mass is 10.0. The Morgan fingerprint density at radius 1 is 1.37 bits per heavy atom. The molecular formula is C22H26N8O8S3. The van der Waals surface area contributed by atoms with Crippen LogP contribution in [0.25, 0.3) is 0 Å². The van der Waals surface area contributed by atoms with E-state index in [4.69, 9.17) is 9.47 Å². The molecule has 0 spiro atoms. The number of rotatable bonds is 12. The number of hydrogen-bond acceptors (Lipinski definition) is 14. The lowest BCUT2D eigenvalue weighted by molar-refractivity contribution is -0.154. The number of anilines is 1. The third-order valence-electron chi connectivity index (χ3n) is 6.15. The molecule has 0 bridgehead atoms. The summed E-state index contributed by atoms with van der Waals surface area (Å²) in [6.45, 7) is 5.43. The van der Waals surface area contributed by atoms with Crippen molar-refractivity contribution in [3.8, 4) is 0 Å². The number of hydrogen-bond donors (Lipinski definition) is 3. The second-order valence-electron chi connectivity index (χ2n) is 9.34. The standard InChI is InChI=1S/C22H26N8O8S3/c1-5-22(2,3)38-21(36)25-19-23-11(8-40-19)14(37-9-31)15(32)24-12-16(33)30-13(18(34)35)10(6-39-17(12)30)7-41-20-26-27-28-29(20)4/h8-9,12,14,17H,5-7H2,1-4H3,(H,24,32)(H,34,35)(H,23,25,36)/t12?,14?,17-/m0/s1. The number of aryl methyl sites for hydroxylation is 1. The molecule has 3 amide bonds. The van der Waals surface area contributed by atoms with Gasteiger partial charge in [0.15, 0.2) is 5.13 Å². The van der Waals surface area contributed by atoms with Gasteiger partial charge in [-0.05, 0) is 36.3 Å². The first-order chi connectivity index (χ1) is 19.5. The van der Waals surface area contributed by atoms with Gasteiger partial charge >= 0.3 is 12.1 Å². The number of thiazole rings is 1. The van der Waals surface area contributed by atoms with Crippen LogP contribution in [-0.4, -0.2) is 94.1 Å². The van der Waals surface area contributed by atoms with Crippen LogP contribution in [0, 0.1) is 0 Å². The molecule has 3 atom stereocenters. The first-order valence-electron chi connectivity index (χ1n) is 12.1. The Labute approximate surface area is 245 Å². The number of nitrogens with one attached hydrogen (secondary N) is 2. The lowest BCUT2D eigenvalue weighted by Crippen LogP contribution is -2.71. The fourth-order valence-electron chi connectivity index (χ4n) is 3.74. The molecule has 2 unspecified atom stereocenters. The molecule has 3 N–H and O–H groups in total. The number of fused-ring (bicyclic) bond motifs is 1. The molecule has 0 radical (unpaired) electrons. The zero-order valence-electron chi connectivity index (χ0n) is 22.2. The van der Waals surface area contributed by atoms with Crippen LogP contribution in [0.5, 0.6) is 0 Å². The largest absolute Gasteiger partial charge is 0.477 e. The topological polar surface area (TPSA) is 208 Å². The van der Waals surface area contributed by atoms with E-state index in [-0.39, 0.29) is 28.7 Å². The molecule has 16 nitrogen and oxygen atoms in total. The molecule has 220 valence electrons. The lowest BCUT2D eigenvalue weighted by Gasteiger charge is -2.49. The fourth-order valence-corrected chi connectivity index (χ4v) is 6.78. The summed E-state index contributed by atoms with van der Waals surface area (Å²) >= 11 is 3.50. The van der Waals surface area contributed by atoms with Gasteiger partial charge in [0.1, 0.15) is 28.4 Å². The molecule has 0 aliphatic carbocycles. The summed E-state index contributed by atoms with van der Waals surface area (Å²) in [6.07, 6.45) is -1.67. The monoisotopic (exact) mass is 626 g/mol. The number of ether oxygens (including phenoxy) is 2. The van der Waals surface area contributed by atoms with E-state index in [9.17, 15) is 29.1 Å². The van der Waals surface area contributed by atoms with Crippen molar-refractivity contribution in [1.82, 2.24) is 35.4 Å². The molecule has 1 saturated heterocycles. The number of β-lactam (4-membered cyclic amide) rings is 1. The van der Waals surface area contributed by atoms with Gasteiger partial charge < -0.3 is 19.9 Å². The number of carbonyl (C=O) groups excluding carboxylic acids is 4. The van der Waals surface area contributed by atoms with Crippen LogP contribution >= 0.6 is 34.9 Å². The number of carboxylic acid groups (broad SMARTS) is 1. The Balaban J connectivity index is 1.42. The Kier molecular flexibility index (Phi) is 9.17. The van der Waals surface area contributed by atoms with Crippen LogP contribution in [0.1, 0.15) is 39.0 Å². The Morgan fingerprint density at radius 2 is 2.12 bits per heavy atom. The maximum absolute atomic E-state index is 13.1. The van der Waals surface area contributed by atoms with Crippen LogP contribution in [0.4, 0.5) is 9.93 Å². The van der Waals surface area contributed by atoms with Crippen molar-refractivity contribution >= 4 is 70.3 Å². The van der Waals surface area contributed by atoms with Crippen LogP contribution in [0.2, 0.25) is 0 Å². The van der Waals surface area contributed by atoms with Crippen molar-refractivity contribution in [2.24, 2.45) is 7.05 Å². The summed E-state index contributed by atoms with van der Waals surface area (Å²) in [4.78, 5) is 66.8. The summed E-state index contributed by atoms with van der Waals surface area (Å²) in [7, 11) is 1.65. The van der Waals surface area contributed by atoms with Gasteiger partial charge in [-0.25, -0.2) is 19.3 Å². The number of carbonyl (C=O) groups is 5. The highest BCUT2D eigenvalue weighted by molar-refractivity contribution is 8.01. The fraction of sp³-hybridized carbons (Fsp3) is 0.500. The molecule has 2 aliphatic rings. The zero-order chi connectivity index (χ0) is 29.9. The van der Waals surface area contributed by atoms with E-state index in [1.165, 1.54) is 33.6 Å². The number of aromatic nitrogens is 5.